The van der Waals surface area contributed by atoms with Gasteiger partial charge in [-0.05, 0) is 19.1 Å². The van der Waals surface area contributed by atoms with Crippen LogP contribution < -0.4 is 5.32 Å². The number of benzene rings is 1. The van der Waals surface area contributed by atoms with Gasteiger partial charge in [0.1, 0.15) is 0 Å². The third-order valence-electron chi connectivity index (χ3n) is 3.24. The van der Waals surface area contributed by atoms with Crippen LogP contribution in [0.15, 0.2) is 30.3 Å². The molecule has 1 amide bonds. The van der Waals surface area contributed by atoms with Gasteiger partial charge >= 0.3 is 0 Å². The number of aliphatic hydroxyl groups is 1. The molecule has 4 heteroatoms. The number of pyridine rings is 1. The van der Waals surface area contributed by atoms with Gasteiger partial charge in [-0.3, -0.25) is 9.78 Å². The van der Waals surface area contributed by atoms with E-state index in [1.54, 1.807) is 6.07 Å². The van der Waals surface area contributed by atoms with E-state index in [4.69, 9.17) is 0 Å². The van der Waals surface area contributed by atoms with Crippen LogP contribution in [0.25, 0.3) is 10.9 Å². The number of fused-ring (bicyclic) bond motifs is 1. The zero-order valence-electron chi connectivity index (χ0n) is 12.1. The van der Waals surface area contributed by atoms with Crippen molar-refractivity contribution in [3.63, 3.8) is 0 Å². The highest BCUT2D eigenvalue weighted by molar-refractivity contribution is 6.06. The van der Waals surface area contributed by atoms with Crippen LogP contribution >= 0.6 is 0 Å². The number of nitrogens with one attached hydrogen (secondary N) is 1. The number of para-hydroxylation sites is 1. The molecule has 0 unspecified atom stereocenters. The largest absolute Gasteiger partial charge is 0.396 e. The van der Waals surface area contributed by atoms with Crippen molar-refractivity contribution in [3.05, 3.63) is 41.6 Å². The molecule has 1 aromatic carbocycles. The second-order valence-electron chi connectivity index (χ2n) is 5.83. The van der Waals surface area contributed by atoms with Crippen LogP contribution in [0, 0.1) is 12.3 Å². The average Bonchev–Trinajstić information content (AvgIpc) is 2.44. The summed E-state index contributed by atoms with van der Waals surface area (Å²) in [5.74, 6) is -0.131. The van der Waals surface area contributed by atoms with Gasteiger partial charge in [0.25, 0.3) is 5.91 Å². The molecule has 106 valence electrons. The lowest BCUT2D eigenvalue weighted by atomic mass is 9.95. The molecule has 20 heavy (non-hydrogen) atoms. The summed E-state index contributed by atoms with van der Waals surface area (Å²) in [5, 5.41) is 13.0. The summed E-state index contributed by atoms with van der Waals surface area (Å²) in [6.45, 7) is 6.15. The minimum absolute atomic E-state index is 0.0312. The molecule has 4 nitrogen and oxygen atoms in total. The first kappa shape index (κ1) is 14.5. The Kier molecular flexibility index (Phi) is 4.04. The molecule has 2 aromatic rings. The summed E-state index contributed by atoms with van der Waals surface area (Å²) >= 11 is 0. The van der Waals surface area contributed by atoms with Crippen molar-refractivity contribution in [3.8, 4) is 0 Å². The van der Waals surface area contributed by atoms with E-state index in [0.717, 1.165) is 16.6 Å². The van der Waals surface area contributed by atoms with Gasteiger partial charge in [-0.15, -0.1) is 0 Å². The third kappa shape index (κ3) is 3.14. The molecule has 1 heterocycles. The van der Waals surface area contributed by atoms with Crippen molar-refractivity contribution in [2.24, 2.45) is 5.41 Å². The smallest absolute Gasteiger partial charge is 0.252 e. The standard InChI is InChI=1S/C16H20N2O2/c1-11-8-13(12-6-4-5-7-14(12)18-11)15(20)17-9-16(2,3)10-19/h4-8,19H,9-10H2,1-3H3,(H,17,20). The second kappa shape index (κ2) is 5.59. The number of nitrogens with zero attached hydrogens (tertiary/aromatic N) is 1. The topological polar surface area (TPSA) is 62.2 Å². The van der Waals surface area contributed by atoms with Crippen molar-refractivity contribution in [2.75, 3.05) is 13.2 Å². The van der Waals surface area contributed by atoms with Crippen LogP contribution in [0.4, 0.5) is 0 Å². The van der Waals surface area contributed by atoms with Crippen molar-refractivity contribution < 1.29 is 9.90 Å². The van der Waals surface area contributed by atoms with Crippen molar-refractivity contribution in [2.45, 2.75) is 20.8 Å². The highest BCUT2D eigenvalue weighted by atomic mass is 16.3. The van der Waals surface area contributed by atoms with Gasteiger partial charge < -0.3 is 10.4 Å². The van der Waals surface area contributed by atoms with E-state index < -0.39 is 0 Å². The summed E-state index contributed by atoms with van der Waals surface area (Å²) in [5.41, 5.74) is 1.93. The lowest BCUT2D eigenvalue weighted by Crippen LogP contribution is -2.36. The molecule has 2 rings (SSSR count). The number of rotatable bonds is 4. The molecular weight excluding hydrogens is 252 g/mol. The van der Waals surface area contributed by atoms with E-state index in [2.05, 4.69) is 10.3 Å². The van der Waals surface area contributed by atoms with Gasteiger partial charge in [-0.1, -0.05) is 32.0 Å². The van der Waals surface area contributed by atoms with Gasteiger partial charge in [0.05, 0.1) is 11.1 Å². The number of carbonyl (C=O) groups excluding carboxylic acids is 1. The first-order chi connectivity index (χ1) is 9.43. The Bertz CT molecular complexity index is 635. The molecule has 0 atom stereocenters. The van der Waals surface area contributed by atoms with Crippen molar-refractivity contribution in [1.29, 1.82) is 0 Å². The molecule has 0 saturated heterocycles. The van der Waals surface area contributed by atoms with Crippen LogP contribution in [0.3, 0.4) is 0 Å². The van der Waals surface area contributed by atoms with E-state index in [9.17, 15) is 9.90 Å². The number of aromatic nitrogens is 1. The first-order valence-corrected chi connectivity index (χ1v) is 6.68. The predicted molar refractivity (Wildman–Crippen MR) is 79.7 cm³/mol. The predicted octanol–water partition coefficient (Wildman–Crippen LogP) is 2.29. The quantitative estimate of drug-likeness (QED) is 0.897. The maximum atomic E-state index is 12.4. The number of aliphatic hydroxyl groups excluding tert-OH is 1. The molecule has 1 aromatic heterocycles. The van der Waals surface area contributed by atoms with E-state index in [1.807, 2.05) is 45.0 Å². The van der Waals surface area contributed by atoms with Gasteiger partial charge in [-0.25, -0.2) is 0 Å². The minimum Gasteiger partial charge on any atom is -0.396 e. The molecule has 0 aliphatic carbocycles. The Morgan fingerprint density at radius 1 is 1.35 bits per heavy atom. The molecular formula is C16H20N2O2. The molecule has 0 radical (unpaired) electrons. The lowest BCUT2D eigenvalue weighted by molar-refractivity contribution is 0.0912. The number of aryl methyl sites for hydroxylation is 1. The minimum atomic E-state index is -0.326. The van der Waals surface area contributed by atoms with E-state index in [1.165, 1.54) is 0 Å². The Morgan fingerprint density at radius 2 is 2.05 bits per heavy atom. The number of hydrogen-bond acceptors (Lipinski definition) is 3. The van der Waals surface area contributed by atoms with Crippen LogP contribution in [-0.2, 0) is 0 Å². The summed E-state index contributed by atoms with van der Waals surface area (Å²) < 4.78 is 0. The van der Waals surface area contributed by atoms with Crippen molar-refractivity contribution in [1.82, 2.24) is 10.3 Å². The Balaban J connectivity index is 2.30. The summed E-state index contributed by atoms with van der Waals surface area (Å²) in [7, 11) is 0. The maximum Gasteiger partial charge on any atom is 0.252 e. The summed E-state index contributed by atoms with van der Waals surface area (Å²) in [4.78, 5) is 16.8. The summed E-state index contributed by atoms with van der Waals surface area (Å²) in [6.07, 6.45) is 0. The van der Waals surface area contributed by atoms with Gasteiger partial charge in [0.2, 0.25) is 0 Å². The first-order valence-electron chi connectivity index (χ1n) is 6.68. The molecule has 0 fully saturated rings. The molecule has 0 aliphatic rings. The molecule has 0 spiro atoms. The summed E-state index contributed by atoms with van der Waals surface area (Å²) in [6, 6.07) is 9.40. The Hall–Kier alpha value is -1.94. The average molecular weight is 272 g/mol. The van der Waals surface area contributed by atoms with E-state index >= 15 is 0 Å². The lowest BCUT2D eigenvalue weighted by Gasteiger charge is -2.22. The van der Waals surface area contributed by atoms with Crippen LogP contribution in [0.2, 0.25) is 0 Å². The monoisotopic (exact) mass is 272 g/mol. The second-order valence-corrected chi connectivity index (χ2v) is 5.83. The van der Waals surface area contributed by atoms with Gasteiger partial charge in [0.15, 0.2) is 0 Å². The fraction of sp³-hybridized carbons (Fsp3) is 0.375. The zero-order chi connectivity index (χ0) is 14.8. The zero-order valence-corrected chi connectivity index (χ0v) is 12.1. The fourth-order valence-corrected chi connectivity index (χ4v) is 1.97. The molecule has 0 bridgehead atoms. The van der Waals surface area contributed by atoms with E-state index in [0.29, 0.717) is 12.1 Å². The fourth-order valence-electron chi connectivity index (χ4n) is 1.97. The highest BCUT2D eigenvalue weighted by Crippen LogP contribution is 2.19. The molecule has 2 N–H and O–H groups in total. The highest BCUT2D eigenvalue weighted by Gasteiger charge is 2.19. The Morgan fingerprint density at radius 3 is 2.75 bits per heavy atom. The van der Waals surface area contributed by atoms with Gasteiger partial charge in [0, 0.05) is 29.6 Å². The normalized spacial score (nSPS) is 11.6. The van der Waals surface area contributed by atoms with Gasteiger partial charge in [-0.2, -0.15) is 0 Å². The number of amides is 1. The Labute approximate surface area is 118 Å². The molecule has 0 aliphatic heterocycles. The molecule has 0 saturated carbocycles. The van der Waals surface area contributed by atoms with Crippen LogP contribution in [0.5, 0.6) is 0 Å². The SMILES string of the molecule is Cc1cc(C(=O)NCC(C)(C)CO)c2ccccc2n1. The number of hydrogen-bond donors (Lipinski definition) is 2. The van der Waals surface area contributed by atoms with Crippen molar-refractivity contribution >= 4 is 16.8 Å². The maximum absolute atomic E-state index is 12.4. The number of carbonyl (C=O) groups is 1. The van der Waals surface area contributed by atoms with E-state index in [-0.39, 0.29) is 17.9 Å². The van der Waals surface area contributed by atoms with Crippen LogP contribution in [0.1, 0.15) is 29.9 Å². The van der Waals surface area contributed by atoms with Crippen LogP contribution in [-0.4, -0.2) is 29.1 Å². The third-order valence-corrected chi connectivity index (χ3v) is 3.24.